The molecule has 14 heteroatoms. The van der Waals surface area contributed by atoms with Gasteiger partial charge in [-0.3, -0.25) is 13.2 Å². The lowest BCUT2D eigenvalue weighted by molar-refractivity contribution is -0.167. The van der Waals surface area contributed by atoms with Crippen molar-refractivity contribution < 1.29 is 46.1 Å². The van der Waals surface area contributed by atoms with E-state index in [-0.39, 0.29) is 36.6 Å². The molecule has 0 atom stereocenters. The Morgan fingerprint density at radius 3 is 1.48 bits per heavy atom. The lowest BCUT2D eigenvalue weighted by Crippen LogP contribution is -2.39. The number of hydrogen-bond acceptors (Lipinski definition) is 12. The Hall–Kier alpha value is -0.550. The van der Waals surface area contributed by atoms with E-state index in [9.17, 15) is 13.2 Å². The highest BCUT2D eigenvalue weighted by Gasteiger charge is 2.40. The number of carbonyl (C=O) groups is 1. The highest BCUT2D eigenvalue weighted by Crippen LogP contribution is 2.52. The number of carboxylic acids is 1. The minimum absolute atomic E-state index is 0.0393. The van der Waals surface area contributed by atoms with Crippen molar-refractivity contribution in [2.24, 2.45) is 33.0 Å². The smallest absolute Gasteiger partial charge is 0.306 e. The Bertz CT molecular complexity index is 1280. The maximum atomic E-state index is 11.1. The minimum Gasteiger partial charge on any atom is -0.481 e. The molecule has 4 saturated carbocycles. The van der Waals surface area contributed by atoms with Crippen LogP contribution in [0.25, 0.3) is 0 Å². The van der Waals surface area contributed by atoms with Gasteiger partial charge in [0.2, 0.25) is 0 Å². The highest BCUT2D eigenvalue weighted by molar-refractivity contribution is 7.89. The highest BCUT2D eigenvalue weighted by atomic mass is 32.2. The van der Waals surface area contributed by atoms with Crippen LogP contribution in [0.2, 0.25) is 0 Å². The van der Waals surface area contributed by atoms with Crippen LogP contribution in [0.3, 0.4) is 0 Å². The number of aliphatic hydroxyl groups excluding tert-OH is 2. The molecule has 3 N–H and O–H groups in total. The number of aliphatic carboxylic acids is 1. The number of hydrogen-bond donors (Lipinski definition) is 3. The zero-order valence-corrected chi connectivity index (χ0v) is 41.2. The third-order valence-corrected chi connectivity index (χ3v) is 17.1. The van der Waals surface area contributed by atoms with Gasteiger partial charge in [0.1, 0.15) is 0 Å². The van der Waals surface area contributed by atoms with E-state index in [0.29, 0.717) is 23.9 Å². The van der Waals surface area contributed by atoms with Gasteiger partial charge in [-0.15, -0.1) is 4.33 Å². The van der Waals surface area contributed by atoms with Gasteiger partial charge in [-0.2, -0.15) is 8.42 Å². The number of likely N-dealkylation sites (tertiary alicyclic amines) is 2. The van der Waals surface area contributed by atoms with Gasteiger partial charge in [-0.1, -0.05) is 52.4 Å². The second-order valence-electron chi connectivity index (χ2n) is 21.1. The second-order valence-corrected chi connectivity index (χ2v) is 23.3. The Morgan fingerprint density at radius 2 is 1.07 bits per heavy atom. The third kappa shape index (κ3) is 20.7. The molecule has 12 nitrogen and oxygen atoms in total. The van der Waals surface area contributed by atoms with E-state index in [2.05, 4.69) is 47.0 Å². The molecule has 2 heterocycles. The number of rotatable bonds is 15. The molecular weight excluding hydrogens is 817 g/mol. The van der Waals surface area contributed by atoms with Gasteiger partial charge < -0.3 is 25.1 Å². The summed E-state index contributed by atoms with van der Waals surface area (Å²) in [7, 11) is 2.26. The number of aliphatic hydroxyl groups is 2. The van der Waals surface area contributed by atoms with E-state index in [1.165, 1.54) is 97.0 Å². The largest absolute Gasteiger partial charge is 0.481 e. The van der Waals surface area contributed by atoms with Gasteiger partial charge in [0, 0.05) is 13.2 Å². The molecule has 4 aliphatic carbocycles. The Balaban J connectivity index is 0.000000222. The van der Waals surface area contributed by atoms with Crippen LogP contribution in [0.15, 0.2) is 0 Å². The summed E-state index contributed by atoms with van der Waals surface area (Å²) in [4.78, 5) is 19.8. The quantitative estimate of drug-likeness (QED) is 0.0470. The molecule has 0 bridgehead atoms. The predicted octanol–water partition coefficient (Wildman–Crippen LogP) is 9.82. The average Bonchev–Trinajstić information content (AvgIpc) is 3.23. The van der Waals surface area contributed by atoms with Crippen LogP contribution in [-0.2, 0) is 32.5 Å². The summed E-state index contributed by atoms with van der Waals surface area (Å²) in [6.07, 6.45) is 33.3. The fraction of sp³-hybridized carbons (Fsp3) is 0.979. The average molecular weight is 907 g/mol. The number of piperidine rings is 2. The van der Waals surface area contributed by atoms with Crippen LogP contribution >= 0.6 is 12.3 Å². The molecule has 2 saturated heterocycles. The maximum absolute atomic E-state index is 11.1. The van der Waals surface area contributed by atoms with Gasteiger partial charge >= 0.3 is 5.97 Å². The first-order valence-corrected chi connectivity index (χ1v) is 26.6. The lowest BCUT2D eigenvalue weighted by Gasteiger charge is -2.46. The SMILES string of the molecule is CC1(C)CCC2(CCCCC2)CC1.CN1CCC(CCO)(CCO)CC1.COOSOCCC1(CCOS(C)(=O)=O)CCN(C)CC1.O=C(O)C1CCC2(CCCCC2)CC1. The molecule has 6 fully saturated rings. The van der Waals surface area contributed by atoms with Crippen LogP contribution in [0, 0.1) is 33.0 Å². The monoisotopic (exact) mass is 907 g/mol. The standard InChI is InChI=1S/C13H24.C12H25NO6S2.C12H20O2.C10H21NO2/c1-12(2)8-10-13(11-9-12)6-4-3-5-7-13;1-13-8-4-12(5-9-13,6-10-17-20-19-16-2)7-11-18-21(3,14)15;13-11(14)10-4-8-12(9-5-10)6-2-1-3-7-12;1-11-6-2-10(3-7-11,4-8-12)5-9-13/h3-11H2,1-2H3;4-11H2,1-3H3;10H,1-9H2,(H,13,14);12-13H,2-9H2,1H3. The molecule has 6 aliphatic rings. The van der Waals surface area contributed by atoms with Gasteiger partial charge in [-0.25, -0.2) is 4.89 Å². The summed E-state index contributed by atoms with van der Waals surface area (Å²) >= 11 is 0.809. The summed E-state index contributed by atoms with van der Waals surface area (Å²) in [5.74, 6) is -0.613. The van der Waals surface area contributed by atoms with Crippen molar-refractivity contribution >= 4 is 28.4 Å². The zero-order valence-electron chi connectivity index (χ0n) is 39.5. The van der Waals surface area contributed by atoms with Crippen LogP contribution in [0.4, 0.5) is 0 Å². The van der Waals surface area contributed by atoms with Crippen molar-refractivity contribution in [2.75, 3.05) is 80.1 Å². The Labute approximate surface area is 376 Å². The predicted molar refractivity (Wildman–Crippen MR) is 246 cm³/mol. The molecule has 0 aromatic carbocycles. The molecule has 0 aromatic rings. The van der Waals surface area contributed by atoms with Crippen molar-refractivity contribution in [1.29, 1.82) is 0 Å². The molecule has 360 valence electrons. The van der Waals surface area contributed by atoms with Gasteiger partial charge in [0.05, 0.1) is 32.5 Å². The van der Waals surface area contributed by atoms with E-state index in [0.717, 1.165) is 108 Å². The van der Waals surface area contributed by atoms with E-state index in [1.54, 1.807) is 12.8 Å². The van der Waals surface area contributed by atoms with Crippen molar-refractivity contribution in [3.8, 4) is 0 Å². The number of nitrogens with zero attached hydrogens (tertiary/aromatic N) is 2. The maximum Gasteiger partial charge on any atom is 0.306 e. The van der Waals surface area contributed by atoms with E-state index < -0.39 is 16.1 Å². The van der Waals surface area contributed by atoms with Crippen LogP contribution in [0.5, 0.6) is 0 Å². The van der Waals surface area contributed by atoms with E-state index >= 15 is 0 Å². The van der Waals surface area contributed by atoms with Crippen molar-refractivity contribution in [1.82, 2.24) is 9.80 Å². The minimum atomic E-state index is -3.38. The fourth-order valence-corrected chi connectivity index (χ4v) is 11.8. The van der Waals surface area contributed by atoms with E-state index in [1.807, 2.05) is 0 Å². The molecule has 0 aromatic heterocycles. The molecular formula is C47H90N2O10S2. The van der Waals surface area contributed by atoms with Crippen LogP contribution < -0.4 is 0 Å². The lowest BCUT2D eigenvalue weighted by atomic mass is 9.60. The molecule has 2 aliphatic heterocycles. The van der Waals surface area contributed by atoms with Crippen LogP contribution in [0.1, 0.15) is 181 Å². The zero-order chi connectivity index (χ0) is 44.9. The normalized spacial score (nSPS) is 25.8. The molecule has 0 amide bonds. The summed E-state index contributed by atoms with van der Waals surface area (Å²) in [6, 6.07) is 0. The van der Waals surface area contributed by atoms with Gasteiger partial charge in [0.15, 0.2) is 12.3 Å². The van der Waals surface area contributed by atoms with Gasteiger partial charge in [0.25, 0.3) is 10.1 Å². The summed E-state index contributed by atoms with van der Waals surface area (Å²) < 4.78 is 36.9. The molecule has 0 radical (unpaired) electrons. The van der Waals surface area contributed by atoms with Crippen molar-refractivity contribution in [3.63, 3.8) is 0 Å². The second kappa shape index (κ2) is 27.2. The topological polar surface area (TPSA) is 155 Å². The Kier molecular flexibility index (Phi) is 24.4. The van der Waals surface area contributed by atoms with Crippen molar-refractivity contribution in [2.45, 2.75) is 181 Å². The van der Waals surface area contributed by atoms with Gasteiger partial charge in [-0.05, 0) is 196 Å². The third-order valence-electron chi connectivity index (χ3n) is 16.1. The molecule has 6 rings (SSSR count). The summed E-state index contributed by atoms with van der Waals surface area (Å²) in [6.45, 7) is 10.3. The number of carboxylic acid groups (broad SMARTS) is 1. The van der Waals surface area contributed by atoms with Crippen LogP contribution in [-0.4, -0.2) is 120 Å². The van der Waals surface area contributed by atoms with Crippen molar-refractivity contribution in [3.05, 3.63) is 0 Å². The first-order chi connectivity index (χ1) is 28.9. The Morgan fingerprint density at radius 1 is 0.639 bits per heavy atom. The summed E-state index contributed by atoms with van der Waals surface area (Å²) in [5, 5.41) is 26.9. The fourth-order valence-electron chi connectivity index (χ4n) is 11.2. The summed E-state index contributed by atoms with van der Waals surface area (Å²) in [5.41, 5.74) is 2.31. The molecule has 61 heavy (non-hydrogen) atoms. The first kappa shape index (κ1) is 54.8. The molecule has 0 unspecified atom stereocenters. The first-order valence-electron chi connectivity index (χ1n) is 24.1. The molecule has 2 spiro atoms. The van der Waals surface area contributed by atoms with E-state index in [4.69, 9.17) is 23.7 Å².